The van der Waals surface area contributed by atoms with Gasteiger partial charge in [0.15, 0.2) is 6.61 Å². The van der Waals surface area contributed by atoms with E-state index in [9.17, 15) is 24.1 Å². The molecule has 2 amide bonds. The standard InChI is InChI=1S/C15H12FN3O5/c16-11-4-6-13(7-5-11)24-9-14(20)17-18-15(21)10-2-1-3-12(8-10)19(22)23/h1-8H,9H2,(H,17,20)(H,18,21). The minimum atomic E-state index is -0.714. The summed E-state index contributed by atoms with van der Waals surface area (Å²) in [6.07, 6.45) is 0. The Balaban J connectivity index is 1.82. The number of carbonyl (C=O) groups is 2. The summed E-state index contributed by atoms with van der Waals surface area (Å²) in [5, 5.41) is 10.6. The number of carbonyl (C=O) groups excluding carboxylic acids is 2. The highest BCUT2D eigenvalue weighted by atomic mass is 19.1. The molecule has 124 valence electrons. The third kappa shape index (κ3) is 4.77. The van der Waals surface area contributed by atoms with Crippen molar-refractivity contribution >= 4 is 17.5 Å². The van der Waals surface area contributed by atoms with Gasteiger partial charge < -0.3 is 4.74 Å². The van der Waals surface area contributed by atoms with Crippen LogP contribution in [-0.2, 0) is 4.79 Å². The minimum Gasteiger partial charge on any atom is -0.484 e. The molecule has 0 unspecified atom stereocenters. The third-order valence-corrected chi connectivity index (χ3v) is 2.82. The van der Waals surface area contributed by atoms with E-state index in [-0.39, 0.29) is 17.0 Å². The maximum atomic E-state index is 12.7. The van der Waals surface area contributed by atoms with Gasteiger partial charge in [-0.1, -0.05) is 6.07 Å². The molecular formula is C15H12FN3O5. The van der Waals surface area contributed by atoms with Crippen LogP contribution in [0.2, 0.25) is 0 Å². The molecular weight excluding hydrogens is 321 g/mol. The highest BCUT2D eigenvalue weighted by Gasteiger charge is 2.12. The molecule has 0 radical (unpaired) electrons. The molecule has 0 saturated carbocycles. The number of nitro groups is 1. The van der Waals surface area contributed by atoms with Crippen molar-refractivity contribution < 1.29 is 23.6 Å². The molecule has 2 aromatic rings. The van der Waals surface area contributed by atoms with Crippen molar-refractivity contribution in [3.63, 3.8) is 0 Å². The normalized spacial score (nSPS) is 9.88. The topological polar surface area (TPSA) is 111 Å². The lowest BCUT2D eigenvalue weighted by molar-refractivity contribution is -0.384. The van der Waals surface area contributed by atoms with Crippen LogP contribution in [0.5, 0.6) is 5.75 Å². The summed E-state index contributed by atoms with van der Waals surface area (Å²) in [6.45, 7) is -0.402. The van der Waals surface area contributed by atoms with Crippen LogP contribution in [0, 0.1) is 15.9 Å². The van der Waals surface area contributed by atoms with Gasteiger partial charge in [0.05, 0.1) is 4.92 Å². The first-order valence-corrected chi connectivity index (χ1v) is 6.68. The fourth-order valence-electron chi connectivity index (χ4n) is 1.68. The van der Waals surface area contributed by atoms with Crippen molar-refractivity contribution in [2.45, 2.75) is 0 Å². The van der Waals surface area contributed by atoms with E-state index in [0.29, 0.717) is 0 Å². The number of hydrazine groups is 1. The quantitative estimate of drug-likeness (QED) is 0.637. The molecule has 9 heteroatoms. The Morgan fingerprint density at radius 1 is 1.12 bits per heavy atom. The van der Waals surface area contributed by atoms with Crippen LogP contribution in [0.25, 0.3) is 0 Å². The van der Waals surface area contributed by atoms with E-state index in [1.54, 1.807) is 0 Å². The monoisotopic (exact) mass is 333 g/mol. The number of hydrogen-bond acceptors (Lipinski definition) is 5. The third-order valence-electron chi connectivity index (χ3n) is 2.82. The molecule has 0 spiro atoms. The number of benzene rings is 2. The molecule has 0 saturated heterocycles. The average Bonchev–Trinajstić information content (AvgIpc) is 2.59. The molecule has 0 aromatic heterocycles. The number of rotatable bonds is 5. The summed E-state index contributed by atoms with van der Waals surface area (Å²) >= 11 is 0. The Morgan fingerprint density at radius 2 is 1.83 bits per heavy atom. The number of non-ortho nitro benzene ring substituents is 1. The zero-order valence-electron chi connectivity index (χ0n) is 12.2. The lowest BCUT2D eigenvalue weighted by Crippen LogP contribution is -2.43. The zero-order valence-corrected chi connectivity index (χ0v) is 12.2. The number of nitrogens with one attached hydrogen (secondary N) is 2. The summed E-state index contributed by atoms with van der Waals surface area (Å²) in [6, 6.07) is 10.1. The summed E-state index contributed by atoms with van der Waals surface area (Å²) in [5.41, 5.74) is 3.99. The molecule has 0 atom stereocenters. The number of amides is 2. The van der Waals surface area contributed by atoms with E-state index in [1.165, 1.54) is 42.5 Å². The molecule has 8 nitrogen and oxygen atoms in total. The second-order valence-corrected chi connectivity index (χ2v) is 4.55. The van der Waals surface area contributed by atoms with E-state index >= 15 is 0 Å². The Labute approximate surface area is 135 Å². The summed E-state index contributed by atoms with van der Waals surface area (Å²) in [5.74, 6) is -1.51. The average molecular weight is 333 g/mol. The van der Waals surface area contributed by atoms with Crippen LogP contribution in [-0.4, -0.2) is 23.3 Å². The molecule has 2 rings (SSSR count). The Bertz CT molecular complexity index is 764. The van der Waals surface area contributed by atoms with Gasteiger partial charge in [0.25, 0.3) is 17.5 Å². The van der Waals surface area contributed by atoms with E-state index < -0.39 is 29.2 Å². The predicted octanol–water partition coefficient (Wildman–Crippen LogP) is 1.57. The van der Waals surface area contributed by atoms with Crippen molar-refractivity contribution in [3.8, 4) is 5.75 Å². The number of nitrogens with zero attached hydrogens (tertiary/aromatic N) is 1. The van der Waals surface area contributed by atoms with Gasteiger partial charge in [0.1, 0.15) is 11.6 Å². The van der Waals surface area contributed by atoms with Gasteiger partial charge in [-0.3, -0.25) is 30.6 Å². The molecule has 0 aliphatic rings. The fourth-order valence-corrected chi connectivity index (χ4v) is 1.68. The fraction of sp³-hybridized carbons (Fsp3) is 0.0667. The van der Waals surface area contributed by atoms with Gasteiger partial charge in [0.2, 0.25) is 0 Å². The van der Waals surface area contributed by atoms with Crippen molar-refractivity contribution in [1.29, 1.82) is 0 Å². The lowest BCUT2D eigenvalue weighted by Gasteiger charge is -2.08. The van der Waals surface area contributed by atoms with Crippen LogP contribution in [0.4, 0.5) is 10.1 Å². The Hall–Kier alpha value is -3.49. The molecule has 0 fully saturated rings. The maximum Gasteiger partial charge on any atom is 0.276 e. The van der Waals surface area contributed by atoms with Crippen LogP contribution >= 0.6 is 0 Å². The number of ether oxygens (including phenoxy) is 1. The number of hydrogen-bond donors (Lipinski definition) is 2. The summed E-state index contributed by atoms with van der Waals surface area (Å²) in [4.78, 5) is 33.4. The first-order chi connectivity index (χ1) is 11.5. The first kappa shape index (κ1) is 16.9. The highest BCUT2D eigenvalue weighted by molar-refractivity contribution is 5.96. The van der Waals surface area contributed by atoms with Crippen LogP contribution in [0.15, 0.2) is 48.5 Å². The van der Waals surface area contributed by atoms with Crippen LogP contribution in [0.3, 0.4) is 0 Å². The maximum absolute atomic E-state index is 12.7. The molecule has 24 heavy (non-hydrogen) atoms. The lowest BCUT2D eigenvalue weighted by atomic mass is 10.2. The van der Waals surface area contributed by atoms with E-state index in [1.807, 2.05) is 0 Å². The molecule has 0 heterocycles. The SMILES string of the molecule is O=C(COc1ccc(F)cc1)NNC(=O)c1cccc([N+](=O)[O-])c1. The Morgan fingerprint density at radius 3 is 2.50 bits per heavy atom. The van der Waals surface area contributed by atoms with Gasteiger partial charge in [-0.2, -0.15) is 0 Å². The van der Waals surface area contributed by atoms with Crippen molar-refractivity contribution in [2.75, 3.05) is 6.61 Å². The second-order valence-electron chi connectivity index (χ2n) is 4.55. The summed E-state index contributed by atoms with van der Waals surface area (Å²) < 4.78 is 17.8. The van der Waals surface area contributed by atoms with E-state index in [4.69, 9.17) is 4.74 Å². The molecule has 0 aliphatic carbocycles. The van der Waals surface area contributed by atoms with Crippen molar-refractivity contribution in [3.05, 3.63) is 70.0 Å². The van der Waals surface area contributed by atoms with E-state index in [2.05, 4.69) is 10.9 Å². The largest absolute Gasteiger partial charge is 0.484 e. The number of halogens is 1. The number of nitro benzene ring substituents is 1. The molecule has 0 bridgehead atoms. The van der Waals surface area contributed by atoms with Gasteiger partial charge >= 0.3 is 0 Å². The van der Waals surface area contributed by atoms with E-state index in [0.717, 1.165) is 6.07 Å². The molecule has 2 aromatic carbocycles. The van der Waals surface area contributed by atoms with Gasteiger partial charge in [-0.05, 0) is 30.3 Å². The van der Waals surface area contributed by atoms with Crippen molar-refractivity contribution in [2.24, 2.45) is 0 Å². The zero-order chi connectivity index (χ0) is 17.5. The Kier molecular flexibility index (Phi) is 5.40. The summed E-state index contributed by atoms with van der Waals surface area (Å²) in [7, 11) is 0. The van der Waals surface area contributed by atoms with Gasteiger partial charge in [-0.15, -0.1) is 0 Å². The molecule has 0 aliphatic heterocycles. The first-order valence-electron chi connectivity index (χ1n) is 6.68. The predicted molar refractivity (Wildman–Crippen MR) is 80.6 cm³/mol. The van der Waals surface area contributed by atoms with Crippen LogP contribution in [0.1, 0.15) is 10.4 Å². The highest BCUT2D eigenvalue weighted by Crippen LogP contribution is 2.13. The van der Waals surface area contributed by atoms with Crippen molar-refractivity contribution in [1.82, 2.24) is 10.9 Å². The molecule has 2 N–H and O–H groups in total. The minimum absolute atomic E-state index is 0.0175. The smallest absolute Gasteiger partial charge is 0.276 e. The van der Waals surface area contributed by atoms with Crippen LogP contribution < -0.4 is 15.6 Å². The van der Waals surface area contributed by atoms with Gasteiger partial charge in [-0.25, -0.2) is 4.39 Å². The second kappa shape index (κ2) is 7.68. The van der Waals surface area contributed by atoms with Gasteiger partial charge in [0, 0.05) is 17.7 Å².